The van der Waals surface area contributed by atoms with Crippen LogP contribution in [-0.4, -0.2) is 24.5 Å². The number of rotatable bonds is 9. The molecule has 1 aliphatic rings. The smallest absolute Gasteiger partial charge is 0.291 e. The highest BCUT2D eigenvalue weighted by Crippen LogP contribution is 2.42. The molecule has 0 saturated heterocycles. The normalized spacial score (nSPS) is 14.2. The first kappa shape index (κ1) is 27.4. The average Bonchev–Trinajstić information content (AvgIpc) is 3.29. The second-order valence-electron chi connectivity index (χ2n) is 9.91. The van der Waals surface area contributed by atoms with E-state index in [1.165, 1.54) is 0 Å². The first-order valence-electron chi connectivity index (χ1n) is 13.6. The third-order valence-electron chi connectivity index (χ3n) is 7.26. The fourth-order valence-corrected chi connectivity index (χ4v) is 5.42. The lowest BCUT2D eigenvalue weighted by Crippen LogP contribution is -2.29. The van der Waals surface area contributed by atoms with Crippen molar-refractivity contribution in [3.8, 4) is 17.2 Å². The van der Waals surface area contributed by atoms with Crippen LogP contribution >= 0.6 is 11.6 Å². The summed E-state index contributed by atoms with van der Waals surface area (Å²) in [6, 6.07) is 26.9. The van der Waals surface area contributed by atoms with E-state index >= 15 is 0 Å². The number of carbonyl (C=O) groups is 1. The summed E-state index contributed by atoms with van der Waals surface area (Å²) in [5.74, 6) is 1.44. The summed E-state index contributed by atoms with van der Waals surface area (Å²) in [4.78, 5) is 29.5. The Balaban J connectivity index is 1.45. The van der Waals surface area contributed by atoms with E-state index in [-0.39, 0.29) is 29.2 Å². The highest BCUT2D eigenvalue weighted by atomic mass is 35.5. The van der Waals surface area contributed by atoms with Gasteiger partial charge in [-0.2, -0.15) is 0 Å². The predicted octanol–water partition coefficient (Wildman–Crippen LogP) is 7.18. The molecule has 6 rings (SSSR count). The zero-order valence-electron chi connectivity index (χ0n) is 23.1. The Morgan fingerprint density at radius 1 is 0.857 bits per heavy atom. The Morgan fingerprint density at radius 2 is 1.64 bits per heavy atom. The zero-order chi connectivity index (χ0) is 29.2. The molecule has 0 radical (unpaired) electrons. The summed E-state index contributed by atoms with van der Waals surface area (Å²) in [6.07, 6.45) is 0. The summed E-state index contributed by atoms with van der Waals surface area (Å²) in [5, 5.41) is 0.724. The summed E-state index contributed by atoms with van der Waals surface area (Å²) >= 11 is 6.23. The van der Waals surface area contributed by atoms with Crippen molar-refractivity contribution in [2.75, 3.05) is 13.7 Å². The number of ether oxygens (including phenoxy) is 3. The van der Waals surface area contributed by atoms with Crippen LogP contribution in [0.3, 0.4) is 0 Å². The topological polar surface area (TPSA) is 78.2 Å². The number of benzene rings is 4. The molecule has 5 aromatic rings. The van der Waals surface area contributed by atoms with Gasteiger partial charge in [0.1, 0.15) is 17.9 Å². The molecule has 1 aliphatic heterocycles. The number of carbonyl (C=O) groups excluding carboxylic acids is 1. The Bertz CT molecular complexity index is 1820. The molecule has 8 heteroatoms. The van der Waals surface area contributed by atoms with Crippen molar-refractivity contribution in [1.82, 2.24) is 4.90 Å². The Kier molecular flexibility index (Phi) is 7.59. The minimum Gasteiger partial charge on any atom is -0.497 e. The maximum Gasteiger partial charge on any atom is 0.291 e. The van der Waals surface area contributed by atoms with Crippen LogP contribution in [0.4, 0.5) is 0 Å². The maximum absolute atomic E-state index is 14.0. The van der Waals surface area contributed by atoms with E-state index in [4.69, 9.17) is 30.2 Å². The van der Waals surface area contributed by atoms with Gasteiger partial charge in [0.05, 0.1) is 30.7 Å². The molecule has 0 saturated carbocycles. The predicted molar refractivity (Wildman–Crippen MR) is 161 cm³/mol. The lowest BCUT2D eigenvalue weighted by molar-refractivity contribution is 0.0714. The molecule has 7 nitrogen and oxygen atoms in total. The van der Waals surface area contributed by atoms with Crippen molar-refractivity contribution in [2.24, 2.45) is 0 Å². The van der Waals surface area contributed by atoms with Crippen LogP contribution in [0.1, 0.15) is 45.8 Å². The van der Waals surface area contributed by atoms with E-state index < -0.39 is 6.04 Å². The lowest BCUT2D eigenvalue weighted by atomic mass is 9.97. The van der Waals surface area contributed by atoms with Gasteiger partial charge in [0.2, 0.25) is 5.76 Å². The van der Waals surface area contributed by atoms with Crippen LogP contribution < -0.4 is 19.6 Å². The number of hydrogen-bond donors (Lipinski definition) is 0. The summed E-state index contributed by atoms with van der Waals surface area (Å²) in [6.45, 7) is 2.91. The number of nitrogens with zero attached hydrogens (tertiary/aromatic N) is 1. The largest absolute Gasteiger partial charge is 0.497 e. The third kappa shape index (κ3) is 5.19. The van der Waals surface area contributed by atoms with Crippen LogP contribution in [0, 0.1) is 0 Å². The molecule has 0 bridgehead atoms. The van der Waals surface area contributed by atoms with Crippen LogP contribution in [0.25, 0.3) is 11.0 Å². The van der Waals surface area contributed by atoms with E-state index in [0.29, 0.717) is 52.0 Å². The summed E-state index contributed by atoms with van der Waals surface area (Å²) < 4.78 is 23.4. The third-order valence-corrected chi connectivity index (χ3v) is 7.50. The van der Waals surface area contributed by atoms with Gasteiger partial charge in [-0.15, -0.1) is 0 Å². The lowest BCUT2D eigenvalue weighted by Gasteiger charge is -2.26. The van der Waals surface area contributed by atoms with Crippen molar-refractivity contribution >= 4 is 28.5 Å². The molecular formula is C34H28ClNO6. The summed E-state index contributed by atoms with van der Waals surface area (Å²) in [5.41, 5.74) is 2.86. The highest BCUT2D eigenvalue weighted by Gasteiger charge is 2.43. The minimum atomic E-state index is -0.725. The van der Waals surface area contributed by atoms with Gasteiger partial charge < -0.3 is 23.5 Å². The molecule has 2 heterocycles. The molecular weight excluding hydrogens is 554 g/mol. The van der Waals surface area contributed by atoms with Gasteiger partial charge >= 0.3 is 0 Å². The zero-order valence-corrected chi connectivity index (χ0v) is 23.9. The Hall–Kier alpha value is -4.75. The first-order valence-corrected chi connectivity index (χ1v) is 14.0. The monoisotopic (exact) mass is 581 g/mol. The molecule has 42 heavy (non-hydrogen) atoms. The number of amides is 1. The maximum atomic E-state index is 14.0. The Labute approximate surface area is 247 Å². The SMILES string of the molecule is CCOc1cc(C2c3c(oc4ccc(Cl)cc4c3=O)C(=O)N2Cc2ccc(OC)cc2)ccc1OCc1ccccc1. The van der Waals surface area contributed by atoms with Gasteiger partial charge in [-0.25, -0.2) is 0 Å². The van der Waals surface area contributed by atoms with Gasteiger partial charge in [-0.05, 0) is 66.1 Å². The molecule has 0 aliphatic carbocycles. The van der Waals surface area contributed by atoms with Crippen molar-refractivity contribution in [1.29, 1.82) is 0 Å². The first-order chi connectivity index (χ1) is 20.5. The standard InChI is InChI=1S/C34H28ClNO6/c1-3-40-29-17-23(11-15-28(29)41-20-22-7-5-4-6-8-22)31-30-32(37)26-18-24(35)12-16-27(26)42-33(30)34(38)36(31)19-21-9-13-25(39-2)14-10-21/h4-18,31H,3,19-20H2,1-2H3. The van der Waals surface area contributed by atoms with Gasteiger partial charge in [-0.1, -0.05) is 60.1 Å². The number of fused-ring (bicyclic) bond motifs is 2. The molecule has 0 fully saturated rings. The molecule has 0 spiro atoms. The highest BCUT2D eigenvalue weighted by molar-refractivity contribution is 6.31. The number of methoxy groups -OCH3 is 1. The van der Waals surface area contributed by atoms with Crippen LogP contribution in [0.5, 0.6) is 17.2 Å². The fourth-order valence-electron chi connectivity index (χ4n) is 5.25. The van der Waals surface area contributed by atoms with E-state index in [9.17, 15) is 9.59 Å². The average molecular weight is 582 g/mol. The van der Waals surface area contributed by atoms with Crippen molar-refractivity contribution in [3.05, 3.63) is 134 Å². The van der Waals surface area contributed by atoms with Crippen LogP contribution in [0.2, 0.25) is 5.02 Å². The van der Waals surface area contributed by atoms with E-state index in [1.807, 2.05) is 79.7 Å². The van der Waals surface area contributed by atoms with E-state index in [1.54, 1.807) is 30.2 Å². The quantitative estimate of drug-likeness (QED) is 0.183. The fraction of sp³-hybridized carbons (Fsp3) is 0.176. The minimum absolute atomic E-state index is 0.0238. The van der Waals surface area contributed by atoms with Gasteiger partial charge in [0.25, 0.3) is 5.91 Å². The van der Waals surface area contributed by atoms with E-state index in [2.05, 4.69) is 0 Å². The second-order valence-corrected chi connectivity index (χ2v) is 10.3. The molecule has 1 unspecified atom stereocenters. The molecule has 212 valence electrons. The van der Waals surface area contributed by atoms with Crippen LogP contribution in [-0.2, 0) is 13.2 Å². The molecule has 0 N–H and O–H groups in total. The van der Waals surface area contributed by atoms with Crippen molar-refractivity contribution in [3.63, 3.8) is 0 Å². The van der Waals surface area contributed by atoms with Gasteiger partial charge in [0, 0.05) is 11.6 Å². The second kappa shape index (κ2) is 11.6. The van der Waals surface area contributed by atoms with Crippen molar-refractivity contribution < 1.29 is 23.4 Å². The number of hydrogen-bond acceptors (Lipinski definition) is 6. The van der Waals surface area contributed by atoms with Gasteiger partial charge in [0.15, 0.2) is 16.9 Å². The number of halogens is 1. The van der Waals surface area contributed by atoms with Gasteiger partial charge in [-0.3, -0.25) is 9.59 Å². The molecule has 1 aromatic heterocycles. The Morgan fingerprint density at radius 3 is 2.38 bits per heavy atom. The van der Waals surface area contributed by atoms with E-state index in [0.717, 1.165) is 11.1 Å². The summed E-state index contributed by atoms with van der Waals surface area (Å²) in [7, 11) is 1.60. The van der Waals surface area contributed by atoms with Crippen molar-refractivity contribution in [2.45, 2.75) is 26.1 Å². The molecule has 4 aromatic carbocycles. The molecule has 1 atom stereocenters. The van der Waals surface area contributed by atoms with Crippen LogP contribution in [0.15, 0.2) is 100 Å². The molecule has 1 amide bonds.